The molecule has 0 radical (unpaired) electrons. The molecule has 1 heterocycles. The second-order valence-electron chi connectivity index (χ2n) is 4.55. The lowest BCUT2D eigenvalue weighted by Gasteiger charge is -2.06. The van der Waals surface area contributed by atoms with Crippen molar-refractivity contribution in [2.75, 3.05) is 0 Å². The average molecular weight is 332 g/mol. The van der Waals surface area contributed by atoms with Gasteiger partial charge in [0.2, 0.25) is 0 Å². The molecule has 4 heteroatoms. The van der Waals surface area contributed by atoms with Gasteiger partial charge in [0, 0.05) is 27.1 Å². The van der Waals surface area contributed by atoms with Crippen LogP contribution in [0.25, 0.3) is 10.9 Å². The minimum absolute atomic E-state index is 0.0132. The third kappa shape index (κ3) is 2.39. The lowest BCUT2D eigenvalue weighted by molar-refractivity contribution is 0.0973. The fraction of sp³-hybridized carbons (Fsp3) is 0.0625. The summed E-state index contributed by atoms with van der Waals surface area (Å²) in [7, 11) is 0. The number of carbonyl (C=O) groups excluding carboxylic acids is 1. The van der Waals surface area contributed by atoms with Gasteiger partial charge in [0.15, 0.2) is 5.78 Å². The van der Waals surface area contributed by atoms with E-state index in [0.29, 0.717) is 5.56 Å². The first kappa shape index (κ1) is 13.1. The van der Waals surface area contributed by atoms with Crippen molar-refractivity contribution >= 4 is 32.6 Å². The van der Waals surface area contributed by atoms with Crippen LogP contribution in [0.5, 0.6) is 0 Å². The van der Waals surface area contributed by atoms with Crippen LogP contribution in [0.4, 0.5) is 4.39 Å². The molecule has 0 saturated carbocycles. The van der Waals surface area contributed by atoms with Crippen molar-refractivity contribution in [2.24, 2.45) is 0 Å². The number of nitrogens with zero attached hydrogens (tertiary/aromatic N) is 1. The van der Waals surface area contributed by atoms with Gasteiger partial charge >= 0.3 is 0 Å². The van der Waals surface area contributed by atoms with Crippen LogP contribution in [0.2, 0.25) is 0 Å². The number of halogens is 2. The molecule has 0 fully saturated rings. The largest absolute Gasteiger partial charge is 0.340 e. The molecule has 3 aromatic rings. The van der Waals surface area contributed by atoms with E-state index in [0.717, 1.165) is 15.4 Å². The maximum absolute atomic E-state index is 13.1. The maximum Gasteiger partial charge on any atom is 0.183 e. The Labute approximate surface area is 124 Å². The lowest BCUT2D eigenvalue weighted by Crippen LogP contribution is -2.10. The molecule has 0 unspecified atom stereocenters. The van der Waals surface area contributed by atoms with E-state index in [1.54, 1.807) is 18.3 Å². The summed E-state index contributed by atoms with van der Waals surface area (Å²) in [5, 5.41) is 0.796. The van der Waals surface area contributed by atoms with E-state index in [2.05, 4.69) is 15.9 Å². The normalized spacial score (nSPS) is 10.9. The Morgan fingerprint density at radius 2 is 1.95 bits per heavy atom. The van der Waals surface area contributed by atoms with Crippen LogP contribution in [0.15, 0.2) is 59.2 Å². The molecular formula is C16H11BrFNO. The molecule has 0 amide bonds. The van der Waals surface area contributed by atoms with E-state index >= 15 is 0 Å². The van der Waals surface area contributed by atoms with Crippen molar-refractivity contribution in [1.29, 1.82) is 0 Å². The molecule has 0 aliphatic heterocycles. The maximum atomic E-state index is 13.1. The average Bonchev–Trinajstić information content (AvgIpc) is 2.81. The molecule has 0 aliphatic rings. The van der Waals surface area contributed by atoms with Crippen LogP contribution in [-0.4, -0.2) is 10.4 Å². The van der Waals surface area contributed by atoms with Gasteiger partial charge in [-0.15, -0.1) is 0 Å². The van der Waals surface area contributed by atoms with Crippen LogP contribution < -0.4 is 0 Å². The minimum atomic E-state index is -0.271. The predicted octanol–water partition coefficient (Wildman–Crippen LogP) is 4.43. The molecule has 0 saturated heterocycles. The summed E-state index contributed by atoms with van der Waals surface area (Å²) >= 11 is 3.38. The highest BCUT2D eigenvalue weighted by Gasteiger charge is 2.11. The molecule has 0 atom stereocenters. The zero-order valence-electron chi connectivity index (χ0n) is 10.5. The van der Waals surface area contributed by atoms with Gasteiger partial charge in [-0.25, -0.2) is 4.39 Å². The van der Waals surface area contributed by atoms with Crippen LogP contribution in [0, 0.1) is 5.82 Å². The first-order valence-corrected chi connectivity index (χ1v) is 6.96. The topological polar surface area (TPSA) is 22.0 Å². The van der Waals surface area contributed by atoms with Crippen molar-refractivity contribution < 1.29 is 9.18 Å². The fourth-order valence-corrected chi connectivity index (χ4v) is 2.74. The molecule has 0 spiro atoms. The van der Waals surface area contributed by atoms with Crippen molar-refractivity contribution in [1.82, 2.24) is 4.57 Å². The van der Waals surface area contributed by atoms with Crippen LogP contribution in [-0.2, 0) is 6.54 Å². The van der Waals surface area contributed by atoms with E-state index in [-0.39, 0.29) is 18.1 Å². The van der Waals surface area contributed by atoms with E-state index < -0.39 is 0 Å². The Balaban J connectivity index is 1.94. The molecule has 0 N–H and O–H groups in total. The third-order valence-electron chi connectivity index (χ3n) is 3.22. The molecule has 0 bridgehead atoms. The Kier molecular flexibility index (Phi) is 3.40. The molecule has 2 aromatic carbocycles. The molecule has 100 valence electrons. The van der Waals surface area contributed by atoms with Crippen molar-refractivity contribution in [2.45, 2.75) is 6.54 Å². The van der Waals surface area contributed by atoms with Gasteiger partial charge in [0.05, 0.1) is 6.54 Å². The molecular weight excluding hydrogens is 321 g/mol. The SMILES string of the molecule is O=C(Cn1ccc2cc(F)ccc21)c1ccccc1Br. The third-order valence-corrected chi connectivity index (χ3v) is 3.91. The number of benzene rings is 2. The number of rotatable bonds is 3. The van der Waals surface area contributed by atoms with Gasteiger partial charge < -0.3 is 4.57 Å². The Morgan fingerprint density at radius 1 is 1.15 bits per heavy atom. The lowest BCUT2D eigenvalue weighted by atomic mass is 10.1. The molecule has 20 heavy (non-hydrogen) atoms. The first-order chi connectivity index (χ1) is 9.65. The highest BCUT2D eigenvalue weighted by molar-refractivity contribution is 9.10. The number of ketones is 1. The van der Waals surface area contributed by atoms with Crippen LogP contribution in [0.3, 0.4) is 0 Å². The molecule has 3 rings (SSSR count). The summed E-state index contributed by atoms with van der Waals surface area (Å²) in [6.07, 6.45) is 1.80. The van der Waals surface area contributed by atoms with Crippen molar-refractivity contribution in [3.8, 4) is 0 Å². The summed E-state index contributed by atoms with van der Waals surface area (Å²) in [4.78, 5) is 12.3. The Hall–Kier alpha value is -1.94. The van der Waals surface area contributed by atoms with Crippen molar-refractivity contribution in [3.63, 3.8) is 0 Å². The number of Topliss-reactive ketones (excluding diaryl/α,β-unsaturated/α-hetero) is 1. The van der Waals surface area contributed by atoms with E-state index in [4.69, 9.17) is 0 Å². The zero-order chi connectivity index (χ0) is 14.1. The molecule has 0 aliphatic carbocycles. The monoisotopic (exact) mass is 331 g/mol. The zero-order valence-corrected chi connectivity index (χ0v) is 12.1. The fourth-order valence-electron chi connectivity index (χ4n) is 2.24. The number of hydrogen-bond acceptors (Lipinski definition) is 1. The second kappa shape index (κ2) is 5.21. The summed E-state index contributed by atoms with van der Waals surface area (Å²) < 4.78 is 15.8. The molecule has 1 aromatic heterocycles. The minimum Gasteiger partial charge on any atom is -0.340 e. The van der Waals surface area contributed by atoms with E-state index in [1.807, 2.05) is 28.8 Å². The van der Waals surface area contributed by atoms with Gasteiger partial charge in [0.1, 0.15) is 5.82 Å². The smallest absolute Gasteiger partial charge is 0.183 e. The van der Waals surface area contributed by atoms with E-state index in [9.17, 15) is 9.18 Å². The van der Waals surface area contributed by atoms with Gasteiger partial charge in [0.25, 0.3) is 0 Å². The van der Waals surface area contributed by atoms with Gasteiger partial charge in [-0.3, -0.25) is 4.79 Å². The summed E-state index contributed by atoms with van der Waals surface area (Å²) in [5.74, 6) is -0.258. The quantitative estimate of drug-likeness (QED) is 0.651. The van der Waals surface area contributed by atoms with Crippen LogP contribution >= 0.6 is 15.9 Å². The number of aromatic nitrogens is 1. The summed E-state index contributed by atoms with van der Waals surface area (Å²) in [5.41, 5.74) is 1.50. The summed E-state index contributed by atoms with van der Waals surface area (Å²) in [6.45, 7) is 0.234. The van der Waals surface area contributed by atoms with Crippen molar-refractivity contribution in [3.05, 3.63) is 70.6 Å². The Morgan fingerprint density at radius 3 is 2.75 bits per heavy atom. The van der Waals surface area contributed by atoms with Gasteiger partial charge in [-0.1, -0.05) is 34.1 Å². The first-order valence-electron chi connectivity index (χ1n) is 6.17. The number of hydrogen-bond donors (Lipinski definition) is 0. The van der Waals surface area contributed by atoms with Gasteiger partial charge in [-0.05, 0) is 30.3 Å². The second-order valence-corrected chi connectivity index (χ2v) is 5.40. The van der Waals surface area contributed by atoms with Crippen LogP contribution in [0.1, 0.15) is 10.4 Å². The predicted molar refractivity (Wildman–Crippen MR) is 80.4 cm³/mol. The highest BCUT2D eigenvalue weighted by Crippen LogP contribution is 2.20. The Bertz CT molecular complexity index is 794. The standard InChI is InChI=1S/C16H11BrFNO/c17-14-4-2-1-3-13(14)16(20)10-19-8-7-11-9-12(18)5-6-15(11)19/h1-9H,10H2. The summed E-state index contributed by atoms with van der Waals surface area (Å²) in [6, 6.07) is 13.7. The van der Waals surface area contributed by atoms with Gasteiger partial charge in [-0.2, -0.15) is 0 Å². The number of fused-ring (bicyclic) bond motifs is 1. The number of carbonyl (C=O) groups is 1. The van der Waals surface area contributed by atoms with E-state index in [1.165, 1.54) is 12.1 Å². The molecule has 2 nitrogen and oxygen atoms in total. The highest BCUT2D eigenvalue weighted by atomic mass is 79.9.